The second-order valence-corrected chi connectivity index (χ2v) is 4.32. The minimum Gasteiger partial charge on any atom is -0.349 e. The monoisotopic (exact) mass is 263 g/mol. The van der Waals surface area contributed by atoms with E-state index in [1.54, 1.807) is 14.1 Å². The van der Waals surface area contributed by atoms with Crippen molar-refractivity contribution in [3.63, 3.8) is 0 Å². The summed E-state index contributed by atoms with van der Waals surface area (Å²) < 4.78 is 0. The van der Waals surface area contributed by atoms with Crippen LogP contribution in [0.4, 0.5) is 0 Å². The standard InChI is InChI=1S/C11H21N3O2.ClH/c1-4-6-14-7-5-12-9(11(14)16)8-10(15)13(2)3;/h9,12H,4-8H2,1-3H3;1H. The first-order valence-electron chi connectivity index (χ1n) is 5.78. The number of nitrogens with one attached hydrogen (secondary N) is 1. The van der Waals surface area contributed by atoms with Crippen LogP contribution in [0.2, 0.25) is 0 Å². The molecule has 0 aromatic rings. The lowest BCUT2D eigenvalue weighted by atomic mass is 10.1. The Bertz CT molecular complexity index is 269. The molecule has 6 heteroatoms. The molecule has 1 aliphatic rings. The van der Waals surface area contributed by atoms with Crippen LogP contribution < -0.4 is 5.32 Å². The molecule has 1 atom stereocenters. The lowest BCUT2D eigenvalue weighted by Gasteiger charge is -2.33. The SMILES string of the molecule is CCCN1CCNC(CC(=O)N(C)C)C1=O.Cl. The molecule has 0 radical (unpaired) electrons. The molecule has 0 spiro atoms. The van der Waals surface area contributed by atoms with Crippen LogP contribution in [0.15, 0.2) is 0 Å². The molecule has 17 heavy (non-hydrogen) atoms. The fourth-order valence-electron chi connectivity index (χ4n) is 1.80. The number of nitrogens with zero attached hydrogens (tertiary/aromatic N) is 2. The molecule has 2 amide bonds. The van der Waals surface area contributed by atoms with Gasteiger partial charge in [0.2, 0.25) is 11.8 Å². The van der Waals surface area contributed by atoms with E-state index in [4.69, 9.17) is 0 Å². The van der Waals surface area contributed by atoms with Gasteiger partial charge in [-0.1, -0.05) is 6.92 Å². The Morgan fingerprint density at radius 1 is 1.53 bits per heavy atom. The largest absolute Gasteiger partial charge is 0.349 e. The summed E-state index contributed by atoms with van der Waals surface area (Å²) in [5.74, 6) is 0.0486. The molecule has 1 unspecified atom stereocenters. The highest BCUT2D eigenvalue weighted by molar-refractivity contribution is 5.88. The van der Waals surface area contributed by atoms with Crippen LogP contribution in [0.25, 0.3) is 0 Å². The van der Waals surface area contributed by atoms with Crippen LogP contribution >= 0.6 is 12.4 Å². The van der Waals surface area contributed by atoms with Crippen molar-refractivity contribution in [1.29, 1.82) is 0 Å². The molecule has 100 valence electrons. The smallest absolute Gasteiger partial charge is 0.240 e. The topological polar surface area (TPSA) is 52.7 Å². The van der Waals surface area contributed by atoms with E-state index in [0.29, 0.717) is 0 Å². The average Bonchev–Trinajstić information content (AvgIpc) is 2.24. The summed E-state index contributed by atoms with van der Waals surface area (Å²) in [5, 5.41) is 3.10. The van der Waals surface area contributed by atoms with Crippen molar-refractivity contribution in [2.45, 2.75) is 25.8 Å². The average molecular weight is 264 g/mol. The summed E-state index contributed by atoms with van der Waals surface area (Å²) >= 11 is 0. The Hall–Kier alpha value is -0.810. The van der Waals surface area contributed by atoms with Crippen molar-refractivity contribution in [3.05, 3.63) is 0 Å². The number of halogens is 1. The molecular weight excluding hydrogens is 242 g/mol. The molecule has 1 heterocycles. The zero-order chi connectivity index (χ0) is 12.1. The van der Waals surface area contributed by atoms with E-state index < -0.39 is 0 Å². The molecule has 0 aromatic heterocycles. The molecule has 1 aliphatic heterocycles. The highest BCUT2D eigenvalue weighted by atomic mass is 35.5. The van der Waals surface area contributed by atoms with Gasteiger partial charge in [-0.3, -0.25) is 9.59 Å². The maximum absolute atomic E-state index is 12.0. The molecule has 0 bridgehead atoms. The zero-order valence-electron chi connectivity index (χ0n) is 10.7. The van der Waals surface area contributed by atoms with Crippen LogP contribution in [0.1, 0.15) is 19.8 Å². The van der Waals surface area contributed by atoms with Gasteiger partial charge in [0.25, 0.3) is 0 Å². The quantitative estimate of drug-likeness (QED) is 0.783. The Labute approximate surface area is 109 Å². The number of carbonyl (C=O) groups is 2. The first-order valence-corrected chi connectivity index (χ1v) is 5.78. The molecule has 0 aliphatic carbocycles. The number of piperazine rings is 1. The summed E-state index contributed by atoms with van der Waals surface area (Å²) in [4.78, 5) is 26.9. The number of amides is 2. The van der Waals surface area contributed by atoms with Crippen LogP contribution in [0.5, 0.6) is 0 Å². The number of hydrogen-bond acceptors (Lipinski definition) is 3. The molecule has 1 N–H and O–H groups in total. The van der Waals surface area contributed by atoms with Gasteiger partial charge in [0.15, 0.2) is 0 Å². The van der Waals surface area contributed by atoms with E-state index in [2.05, 4.69) is 12.2 Å². The van der Waals surface area contributed by atoms with Crippen LogP contribution in [-0.2, 0) is 9.59 Å². The van der Waals surface area contributed by atoms with Crippen LogP contribution in [0, 0.1) is 0 Å². The minimum atomic E-state index is -0.338. The second-order valence-electron chi connectivity index (χ2n) is 4.32. The highest BCUT2D eigenvalue weighted by Crippen LogP contribution is 2.06. The van der Waals surface area contributed by atoms with Gasteiger partial charge < -0.3 is 15.1 Å². The molecular formula is C11H22ClN3O2. The summed E-state index contributed by atoms with van der Waals surface area (Å²) in [6.45, 7) is 4.36. The van der Waals surface area contributed by atoms with E-state index in [-0.39, 0.29) is 36.7 Å². The third-order valence-corrected chi connectivity index (χ3v) is 2.75. The van der Waals surface area contributed by atoms with Gasteiger partial charge in [0, 0.05) is 33.7 Å². The molecule has 5 nitrogen and oxygen atoms in total. The Kier molecular flexibility index (Phi) is 7.15. The van der Waals surface area contributed by atoms with Gasteiger partial charge in [0.1, 0.15) is 0 Å². The first-order chi connectivity index (χ1) is 7.56. The minimum absolute atomic E-state index is 0. The molecule has 0 saturated carbocycles. The Balaban J connectivity index is 0.00000256. The van der Waals surface area contributed by atoms with Gasteiger partial charge in [-0.2, -0.15) is 0 Å². The Morgan fingerprint density at radius 3 is 2.71 bits per heavy atom. The van der Waals surface area contributed by atoms with Crippen molar-refractivity contribution in [2.75, 3.05) is 33.7 Å². The fourth-order valence-corrected chi connectivity index (χ4v) is 1.80. The van der Waals surface area contributed by atoms with E-state index in [0.717, 1.165) is 26.1 Å². The Morgan fingerprint density at radius 2 is 2.18 bits per heavy atom. The summed E-state index contributed by atoms with van der Waals surface area (Å²) in [6, 6.07) is -0.338. The maximum atomic E-state index is 12.0. The van der Waals surface area contributed by atoms with Gasteiger partial charge >= 0.3 is 0 Å². The summed E-state index contributed by atoms with van der Waals surface area (Å²) in [6.07, 6.45) is 1.21. The van der Waals surface area contributed by atoms with E-state index in [1.807, 2.05) is 4.90 Å². The fraction of sp³-hybridized carbons (Fsp3) is 0.818. The normalized spacial score (nSPS) is 19.8. The predicted octanol–water partition coefficient (Wildman–Crippen LogP) is 0.0969. The molecule has 1 rings (SSSR count). The third-order valence-electron chi connectivity index (χ3n) is 2.75. The highest BCUT2D eigenvalue weighted by Gasteiger charge is 2.29. The summed E-state index contributed by atoms with van der Waals surface area (Å²) in [5.41, 5.74) is 0. The first kappa shape index (κ1) is 16.2. The van der Waals surface area contributed by atoms with E-state index in [9.17, 15) is 9.59 Å². The second kappa shape index (κ2) is 7.50. The van der Waals surface area contributed by atoms with Crippen LogP contribution in [-0.4, -0.2) is 61.4 Å². The molecule has 1 saturated heterocycles. The van der Waals surface area contributed by atoms with Crippen molar-refractivity contribution in [2.24, 2.45) is 0 Å². The third kappa shape index (κ3) is 4.52. The number of rotatable bonds is 4. The lowest BCUT2D eigenvalue weighted by molar-refractivity contribution is -0.140. The van der Waals surface area contributed by atoms with Crippen LogP contribution in [0.3, 0.4) is 0 Å². The van der Waals surface area contributed by atoms with Crippen molar-refractivity contribution < 1.29 is 9.59 Å². The molecule has 0 aromatic carbocycles. The summed E-state index contributed by atoms with van der Waals surface area (Å²) in [7, 11) is 3.42. The van der Waals surface area contributed by atoms with Crippen molar-refractivity contribution >= 4 is 24.2 Å². The lowest BCUT2D eigenvalue weighted by Crippen LogP contribution is -2.56. The molecule has 1 fully saturated rings. The number of hydrogen-bond donors (Lipinski definition) is 1. The van der Waals surface area contributed by atoms with Gasteiger partial charge in [-0.25, -0.2) is 0 Å². The zero-order valence-corrected chi connectivity index (χ0v) is 11.5. The van der Waals surface area contributed by atoms with Gasteiger partial charge in [0.05, 0.1) is 12.5 Å². The maximum Gasteiger partial charge on any atom is 0.240 e. The van der Waals surface area contributed by atoms with Gasteiger partial charge in [-0.15, -0.1) is 12.4 Å². The van der Waals surface area contributed by atoms with Gasteiger partial charge in [-0.05, 0) is 6.42 Å². The van der Waals surface area contributed by atoms with E-state index >= 15 is 0 Å². The van der Waals surface area contributed by atoms with Crippen molar-refractivity contribution in [1.82, 2.24) is 15.1 Å². The number of carbonyl (C=O) groups excluding carboxylic acids is 2. The van der Waals surface area contributed by atoms with Crippen molar-refractivity contribution in [3.8, 4) is 0 Å². The van der Waals surface area contributed by atoms with E-state index in [1.165, 1.54) is 4.90 Å². The predicted molar refractivity (Wildman–Crippen MR) is 69.2 cm³/mol.